The Morgan fingerprint density at radius 1 is 1.32 bits per heavy atom. The van der Waals surface area contributed by atoms with Crippen molar-refractivity contribution in [1.82, 2.24) is 10.2 Å². The van der Waals surface area contributed by atoms with Gasteiger partial charge in [-0.1, -0.05) is 0 Å². The second-order valence-corrected chi connectivity index (χ2v) is 5.02. The summed E-state index contributed by atoms with van der Waals surface area (Å²) in [5.41, 5.74) is 1.28. The van der Waals surface area contributed by atoms with Gasteiger partial charge in [0.1, 0.15) is 0 Å². The van der Waals surface area contributed by atoms with E-state index in [4.69, 9.17) is 0 Å². The Morgan fingerprint density at radius 2 is 2.11 bits per heavy atom. The third-order valence-corrected chi connectivity index (χ3v) is 3.63. The number of carbonyl (C=O) groups excluding carboxylic acids is 1. The zero-order chi connectivity index (χ0) is 13.5. The van der Waals surface area contributed by atoms with Crippen molar-refractivity contribution in [2.75, 3.05) is 19.5 Å². The molecule has 1 heterocycles. The van der Waals surface area contributed by atoms with E-state index in [1.54, 1.807) is 0 Å². The normalized spacial score (nSPS) is 23.2. The predicted molar refractivity (Wildman–Crippen MR) is 74.1 cm³/mol. The van der Waals surface area contributed by atoms with Crippen LogP contribution in [0.4, 0.5) is 0 Å². The van der Waals surface area contributed by atoms with Gasteiger partial charge in [0.2, 0.25) is 0 Å². The monoisotopic (exact) mass is 258 g/mol. The maximum absolute atomic E-state index is 10.7. The predicted octanol–water partition coefficient (Wildman–Crippen LogP) is 0.673. The van der Waals surface area contributed by atoms with Crippen LogP contribution in [0.1, 0.15) is 12.0 Å². The van der Waals surface area contributed by atoms with Crippen LogP contribution in [0.2, 0.25) is 0 Å². The van der Waals surface area contributed by atoms with Crippen molar-refractivity contribution in [3.63, 3.8) is 0 Å². The fourth-order valence-corrected chi connectivity index (χ4v) is 2.72. The summed E-state index contributed by atoms with van der Waals surface area (Å²) in [6, 6.07) is 10.5. The molecule has 19 heavy (non-hydrogen) atoms. The molecule has 0 aromatic heterocycles. The van der Waals surface area contributed by atoms with E-state index >= 15 is 0 Å². The number of aldehydes is 1. The van der Waals surface area contributed by atoms with Crippen molar-refractivity contribution in [2.24, 2.45) is 5.92 Å². The average Bonchev–Trinajstić information content (AvgIpc) is 2.80. The molecule has 1 aromatic carbocycles. The van der Waals surface area contributed by atoms with Crippen molar-refractivity contribution in [3.8, 4) is 0 Å². The molecule has 5 heteroatoms. The van der Waals surface area contributed by atoms with E-state index in [-0.39, 0.29) is 6.04 Å². The molecule has 4 nitrogen and oxygen atoms in total. The van der Waals surface area contributed by atoms with E-state index in [2.05, 4.69) is 22.3 Å². The number of rotatable bonds is 7. The van der Waals surface area contributed by atoms with Crippen LogP contribution in [0.5, 0.6) is 0 Å². The number of likely N-dealkylation sites (tertiary alicyclic amines) is 1. The van der Waals surface area contributed by atoms with Gasteiger partial charge in [0.05, 0.1) is 0 Å². The molecule has 1 unspecified atom stereocenters. The van der Waals surface area contributed by atoms with E-state index in [1.165, 1.54) is 5.56 Å². The van der Waals surface area contributed by atoms with Crippen LogP contribution in [-0.4, -0.2) is 43.9 Å². The van der Waals surface area contributed by atoms with Gasteiger partial charge in [0, 0.05) is 0 Å². The zero-order valence-electron chi connectivity index (χ0n) is 11.0. The average molecular weight is 258 g/mol. The Bertz CT molecular complexity index is 413. The van der Waals surface area contributed by atoms with Crippen LogP contribution in [0.3, 0.4) is 0 Å². The Kier molecular flexibility index (Phi) is 5.42. The van der Waals surface area contributed by atoms with Gasteiger partial charge in [-0.3, -0.25) is 0 Å². The van der Waals surface area contributed by atoms with Crippen molar-refractivity contribution >= 4 is 13.4 Å². The maximum atomic E-state index is 10.7. The van der Waals surface area contributed by atoms with Crippen LogP contribution >= 0.6 is 0 Å². The topological polar surface area (TPSA) is 49.4 Å². The molecule has 1 aliphatic heterocycles. The summed E-state index contributed by atoms with van der Waals surface area (Å²) in [7, 11) is 0.873. The van der Waals surface area contributed by atoms with Crippen molar-refractivity contribution in [2.45, 2.75) is 19.0 Å². The molecular weight excluding hydrogens is 239 g/mol. The van der Waals surface area contributed by atoms with E-state index in [1.807, 2.05) is 18.2 Å². The van der Waals surface area contributed by atoms with Crippen LogP contribution in [0.15, 0.2) is 30.3 Å². The Labute approximate surface area is 114 Å². The Hall–Kier alpha value is -1.33. The number of hydrogen-bond donors (Lipinski definition) is 1. The molecule has 0 bridgehead atoms. The fourth-order valence-electron chi connectivity index (χ4n) is 2.72. The van der Waals surface area contributed by atoms with Crippen molar-refractivity contribution in [3.05, 3.63) is 35.9 Å². The van der Waals surface area contributed by atoms with Crippen molar-refractivity contribution < 1.29 is 9.50 Å². The van der Waals surface area contributed by atoms with Crippen LogP contribution in [-0.2, 0) is 16.0 Å². The molecule has 0 aliphatic carbocycles. The van der Waals surface area contributed by atoms with E-state index < -0.39 is 0 Å². The minimum atomic E-state index is 0.235. The van der Waals surface area contributed by atoms with Gasteiger partial charge in [-0.2, -0.15) is 0 Å². The minimum absolute atomic E-state index is 0.235. The molecule has 0 spiro atoms. The van der Waals surface area contributed by atoms with Gasteiger partial charge in [0.25, 0.3) is 0 Å². The fraction of sp³-hybridized carbons (Fsp3) is 0.500. The molecule has 100 valence electrons. The molecule has 0 amide bonds. The van der Waals surface area contributed by atoms with Gasteiger partial charge in [-0.25, -0.2) is 0 Å². The van der Waals surface area contributed by atoms with Gasteiger partial charge in [0.15, 0.2) is 0 Å². The van der Waals surface area contributed by atoms with Crippen LogP contribution in [0.25, 0.3) is 0 Å². The van der Waals surface area contributed by atoms with Gasteiger partial charge in [-0.15, -0.1) is 0 Å². The summed E-state index contributed by atoms with van der Waals surface area (Å²) >= 11 is 0. The van der Waals surface area contributed by atoms with Crippen LogP contribution in [0, 0.1) is 5.92 Å². The standard InChI is InChI=1S/C14H19BN2O2/c18-7-6-13-9-17(10-14(13)16-11-15-19)8-12-4-2-1-3-5-12/h1-5,7,13-14,16H,6,8-11H2/t13-,14?/m0/s1. The Morgan fingerprint density at radius 3 is 2.79 bits per heavy atom. The molecule has 0 radical (unpaired) electrons. The number of nitrogens with one attached hydrogen (secondary N) is 1. The first-order chi connectivity index (χ1) is 9.33. The molecular formula is C14H19BN2O2. The molecule has 1 aromatic rings. The van der Waals surface area contributed by atoms with Crippen LogP contribution < -0.4 is 5.32 Å². The summed E-state index contributed by atoms with van der Waals surface area (Å²) in [4.78, 5) is 13.1. The van der Waals surface area contributed by atoms with E-state index in [0.717, 1.165) is 33.1 Å². The molecule has 1 N–H and O–H groups in total. The first-order valence-corrected chi connectivity index (χ1v) is 6.70. The number of nitrogens with zero attached hydrogens (tertiary/aromatic N) is 1. The summed E-state index contributed by atoms with van der Waals surface area (Å²) in [6.45, 7) is 2.70. The van der Waals surface area contributed by atoms with E-state index in [0.29, 0.717) is 18.8 Å². The quantitative estimate of drug-likeness (QED) is 0.577. The first-order valence-electron chi connectivity index (χ1n) is 6.70. The molecule has 1 aliphatic rings. The summed E-state index contributed by atoms with van der Waals surface area (Å²) in [5.74, 6) is 0.307. The Balaban J connectivity index is 1.93. The second kappa shape index (κ2) is 7.31. The van der Waals surface area contributed by atoms with E-state index in [9.17, 15) is 9.50 Å². The molecule has 0 saturated carbocycles. The molecule has 2 rings (SSSR count). The number of benzene rings is 1. The number of hydrogen-bond acceptors (Lipinski definition) is 4. The molecule has 1 saturated heterocycles. The third-order valence-electron chi connectivity index (χ3n) is 3.63. The zero-order valence-corrected chi connectivity index (χ0v) is 11.0. The third kappa shape index (κ3) is 4.08. The van der Waals surface area contributed by atoms with Gasteiger partial charge < -0.3 is 0 Å². The molecule has 1 fully saturated rings. The van der Waals surface area contributed by atoms with Crippen molar-refractivity contribution in [1.29, 1.82) is 0 Å². The first kappa shape index (κ1) is 14.1. The summed E-state index contributed by atoms with van der Waals surface area (Å²) in [6.07, 6.45) is 1.90. The summed E-state index contributed by atoms with van der Waals surface area (Å²) in [5, 5.41) is 3.21. The van der Waals surface area contributed by atoms with Gasteiger partial charge >= 0.3 is 114 Å². The summed E-state index contributed by atoms with van der Waals surface area (Å²) < 4.78 is 10.5. The SMILES string of the molecule is O=BCNC1CN(Cc2ccccc2)C[C@@H]1CC=O. The van der Waals surface area contributed by atoms with Gasteiger partial charge in [-0.05, 0) is 0 Å². The number of carbonyl (C=O) groups is 1. The molecule has 2 atom stereocenters. The second-order valence-electron chi connectivity index (χ2n) is 5.02.